The van der Waals surface area contributed by atoms with Crippen molar-refractivity contribution < 1.29 is 9.59 Å². The van der Waals surface area contributed by atoms with E-state index < -0.39 is 0 Å². The monoisotopic (exact) mass is 308 g/mol. The van der Waals surface area contributed by atoms with Gasteiger partial charge in [-0.25, -0.2) is 0 Å². The second-order valence-corrected chi connectivity index (χ2v) is 5.08. The summed E-state index contributed by atoms with van der Waals surface area (Å²) >= 11 is 5.19. The molecule has 1 aliphatic heterocycles. The number of anilines is 1. The lowest BCUT2D eigenvalue weighted by molar-refractivity contribution is -0.113. The number of nitrogens with one attached hydrogen (secondary N) is 1. The number of carbonyl (C=O) groups is 2. The summed E-state index contributed by atoms with van der Waals surface area (Å²) in [5.41, 5.74) is 1.37. The molecule has 22 heavy (non-hydrogen) atoms. The first-order valence-corrected chi connectivity index (χ1v) is 7.09. The van der Waals surface area contributed by atoms with Crippen molar-refractivity contribution >= 4 is 34.7 Å². The zero-order chi connectivity index (χ0) is 15.5. The molecule has 1 aliphatic rings. The average Bonchev–Trinajstić information content (AvgIpc) is 2.83. The minimum absolute atomic E-state index is 0.183. The zero-order valence-electron chi connectivity index (χ0n) is 11.5. The highest BCUT2D eigenvalue weighted by atomic mass is 32.1. The number of hydrogen-bond acceptors (Lipinski definition) is 3. The van der Waals surface area contributed by atoms with E-state index in [0.29, 0.717) is 11.3 Å². The number of amides is 1. The van der Waals surface area contributed by atoms with Crippen molar-refractivity contribution in [3.05, 3.63) is 78.0 Å². The first-order valence-electron chi connectivity index (χ1n) is 6.68. The topological polar surface area (TPSA) is 49.4 Å². The summed E-state index contributed by atoms with van der Waals surface area (Å²) in [4.78, 5) is 26.0. The van der Waals surface area contributed by atoms with E-state index in [1.165, 1.54) is 11.0 Å². The second kappa shape index (κ2) is 5.91. The number of thiocarbonyl (C=S) groups is 1. The summed E-state index contributed by atoms with van der Waals surface area (Å²) in [6.45, 7) is 0. The van der Waals surface area contributed by atoms with Crippen LogP contribution in [-0.4, -0.2) is 16.8 Å². The molecule has 1 saturated heterocycles. The molecule has 1 N–H and O–H groups in total. The Morgan fingerprint density at radius 1 is 1.00 bits per heavy atom. The Kier molecular flexibility index (Phi) is 3.80. The van der Waals surface area contributed by atoms with E-state index in [2.05, 4.69) is 5.32 Å². The maximum Gasteiger partial charge on any atom is 0.281 e. The molecular weight excluding hydrogens is 296 g/mol. The Balaban J connectivity index is 1.88. The zero-order valence-corrected chi connectivity index (χ0v) is 12.3. The molecule has 108 valence electrons. The molecule has 1 amide bonds. The molecule has 1 heterocycles. The fourth-order valence-corrected chi connectivity index (χ4v) is 2.46. The van der Waals surface area contributed by atoms with Crippen LogP contribution in [-0.2, 0) is 4.79 Å². The van der Waals surface area contributed by atoms with Crippen molar-refractivity contribution in [2.45, 2.75) is 0 Å². The second-order valence-electron chi connectivity index (χ2n) is 4.69. The maximum atomic E-state index is 12.4. The summed E-state index contributed by atoms with van der Waals surface area (Å²) in [7, 11) is 0. The summed E-state index contributed by atoms with van der Waals surface area (Å²) < 4.78 is 0. The van der Waals surface area contributed by atoms with Gasteiger partial charge < -0.3 is 5.32 Å². The van der Waals surface area contributed by atoms with Gasteiger partial charge in [0.2, 0.25) is 0 Å². The number of rotatable bonds is 3. The minimum Gasteiger partial charge on any atom is -0.327 e. The highest BCUT2D eigenvalue weighted by molar-refractivity contribution is 7.80. The van der Waals surface area contributed by atoms with Crippen molar-refractivity contribution in [3.8, 4) is 0 Å². The summed E-state index contributed by atoms with van der Waals surface area (Å²) in [6.07, 6.45) is 1.28. The van der Waals surface area contributed by atoms with Gasteiger partial charge in [-0.1, -0.05) is 48.5 Å². The fourth-order valence-electron chi connectivity index (χ4n) is 2.16. The van der Waals surface area contributed by atoms with E-state index in [-0.39, 0.29) is 22.5 Å². The SMILES string of the molecule is O=C(C=C1NC(=S)N(c2ccccc2)C1=O)c1ccccc1. The van der Waals surface area contributed by atoms with Crippen molar-refractivity contribution in [2.75, 3.05) is 4.90 Å². The van der Waals surface area contributed by atoms with Crippen LogP contribution in [0.25, 0.3) is 0 Å². The molecule has 0 radical (unpaired) electrons. The molecule has 0 bridgehead atoms. The number of benzene rings is 2. The normalized spacial score (nSPS) is 16.0. The van der Waals surface area contributed by atoms with Crippen molar-refractivity contribution in [1.29, 1.82) is 0 Å². The molecule has 3 rings (SSSR count). The van der Waals surface area contributed by atoms with Crippen LogP contribution in [0.2, 0.25) is 0 Å². The van der Waals surface area contributed by atoms with Crippen molar-refractivity contribution in [3.63, 3.8) is 0 Å². The molecule has 0 aromatic heterocycles. The van der Waals surface area contributed by atoms with Gasteiger partial charge in [0.05, 0.1) is 5.69 Å². The minimum atomic E-state index is -0.333. The standard InChI is InChI=1S/C17H12N2O2S/c20-15(12-7-3-1-4-8-12)11-14-16(21)19(17(22)18-14)13-9-5-2-6-10-13/h1-11H,(H,18,22). The Bertz CT molecular complexity index is 770. The van der Waals surface area contributed by atoms with Gasteiger partial charge in [0, 0.05) is 11.6 Å². The number of allylic oxidation sites excluding steroid dienone is 1. The van der Waals surface area contributed by atoms with Gasteiger partial charge >= 0.3 is 0 Å². The van der Waals surface area contributed by atoms with Gasteiger partial charge in [-0.3, -0.25) is 14.5 Å². The lowest BCUT2D eigenvalue weighted by Crippen LogP contribution is -2.30. The molecule has 0 saturated carbocycles. The smallest absolute Gasteiger partial charge is 0.281 e. The average molecular weight is 308 g/mol. The van der Waals surface area contributed by atoms with Crippen LogP contribution in [0.15, 0.2) is 72.4 Å². The summed E-state index contributed by atoms with van der Waals surface area (Å²) in [5, 5.41) is 3.07. The van der Waals surface area contributed by atoms with E-state index in [4.69, 9.17) is 12.2 Å². The number of para-hydroxylation sites is 1. The number of nitrogens with zero attached hydrogens (tertiary/aromatic N) is 1. The predicted octanol–water partition coefficient (Wildman–Crippen LogP) is 2.67. The van der Waals surface area contributed by atoms with E-state index in [0.717, 1.165) is 0 Å². The van der Waals surface area contributed by atoms with E-state index in [1.54, 1.807) is 36.4 Å². The number of ketones is 1. The molecule has 0 unspecified atom stereocenters. The van der Waals surface area contributed by atoms with Crippen LogP contribution >= 0.6 is 12.2 Å². The Morgan fingerprint density at radius 3 is 2.23 bits per heavy atom. The fraction of sp³-hybridized carbons (Fsp3) is 0. The largest absolute Gasteiger partial charge is 0.327 e. The summed E-state index contributed by atoms with van der Waals surface area (Å²) in [6, 6.07) is 17.8. The van der Waals surface area contributed by atoms with E-state index >= 15 is 0 Å². The Morgan fingerprint density at radius 2 is 1.59 bits per heavy atom. The van der Waals surface area contributed by atoms with Crippen molar-refractivity contribution in [2.24, 2.45) is 0 Å². The molecule has 0 aliphatic carbocycles. The van der Waals surface area contributed by atoms with Gasteiger partial charge in [0.15, 0.2) is 10.9 Å². The lowest BCUT2D eigenvalue weighted by atomic mass is 10.1. The third-order valence-corrected chi connectivity index (χ3v) is 3.51. The van der Waals surface area contributed by atoms with Gasteiger partial charge in [0.25, 0.3) is 5.91 Å². The Labute approximate surface area is 133 Å². The molecule has 2 aromatic carbocycles. The predicted molar refractivity (Wildman–Crippen MR) is 88.5 cm³/mol. The van der Waals surface area contributed by atoms with Crippen LogP contribution in [0.5, 0.6) is 0 Å². The molecule has 4 nitrogen and oxygen atoms in total. The number of hydrogen-bond donors (Lipinski definition) is 1. The van der Waals surface area contributed by atoms with Gasteiger partial charge in [-0.05, 0) is 24.4 Å². The molecule has 1 fully saturated rings. The van der Waals surface area contributed by atoms with Crippen LogP contribution in [0.3, 0.4) is 0 Å². The molecule has 0 atom stereocenters. The van der Waals surface area contributed by atoms with Crippen LogP contribution in [0, 0.1) is 0 Å². The quantitative estimate of drug-likeness (QED) is 0.538. The Hall–Kier alpha value is -2.79. The van der Waals surface area contributed by atoms with Gasteiger partial charge in [-0.15, -0.1) is 0 Å². The van der Waals surface area contributed by atoms with E-state index in [9.17, 15) is 9.59 Å². The maximum absolute atomic E-state index is 12.4. The third kappa shape index (κ3) is 2.66. The first-order chi connectivity index (χ1) is 10.7. The molecule has 0 spiro atoms. The molecule has 5 heteroatoms. The van der Waals surface area contributed by atoms with Crippen LogP contribution in [0.4, 0.5) is 5.69 Å². The highest BCUT2D eigenvalue weighted by Crippen LogP contribution is 2.21. The first kappa shape index (κ1) is 14.2. The highest BCUT2D eigenvalue weighted by Gasteiger charge is 2.32. The third-order valence-electron chi connectivity index (χ3n) is 3.23. The van der Waals surface area contributed by atoms with E-state index in [1.807, 2.05) is 24.3 Å². The van der Waals surface area contributed by atoms with Gasteiger partial charge in [-0.2, -0.15) is 0 Å². The summed E-state index contributed by atoms with van der Waals surface area (Å²) in [5.74, 6) is -0.574. The van der Waals surface area contributed by atoms with Crippen LogP contribution in [0.1, 0.15) is 10.4 Å². The molecular formula is C17H12N2O2S. The van der Waals surface area contributed by atoms with Gasteiger partial charge in [0.1, 0.15) is 5.70 Å². The van der Waals surface area contributed by atoms with Crippen LogP contribution < -0.4 is 10.2 Å². The lowest BCUT2D eigenvalue weighted by Gasteiger charge is -2.13. The molecule has 2 aromatic rings. The number of carbonyl (C=O) groups excluding carboxylic acids is 2. The van der Waals surface area contributed by atoms with Crippen molar-refractivity contribution in [1.82, 2.24) is 5.32 Å².